The zero-order chi connectivity index (χ0) is 13.7. The van der Waals surface area contributed by atoms with Crippen LogP contribution in [-0.2, 0) is 11.3 Å². The molecule has 104 valence electrons. The lowest BCUT2D eigenvalue weighted by molar-refractivity contribution is -0.119. The number of aliphatic hydroxyl groups excluding tert-OH is 1. The predicted molar refractivity (Wildman–Crippen MR) is 76.0 cm³/mol. The standard InChI is InChI=1S/C15H22N2O2/c1-12(19)16-10-13-2-4-15(5-3-13)17-8-6-14(11-18)7-9-17/h2-5,14,18H,6-11H2,1H3,(H,16,19). The summed E-state index contributed by atoms with van der Waals surface area (Å²) in [6.45, 7) is 4.44. The van der Waals surface area contributed by atoms with E-state index in [9.17, 15) is 4.79 Å². The van der Waals surface area contributed by atoms with Crippen LogP contribution in [0.15, 0.2) is 24.3 Å². The van der Waals surface area contributed by atoms with Crippen LogP contribution in [0.2, 0.25) is 0 Å². The van der Waals surface area contributed by atoms with Gasteiger partial charge in [-0.2, -0.15) is 0 Å². The number of piperidine rings is 1. The molecule has 4 heteroatoms. The van der Waals surface area contributed by atoms with E-state index in [1.54, 1.807) is 0 Å². The highest BCUT2D eigenvalue weighted by molar-refractivity contribution is 5.72. The Morgan fingerprint density at radius 1 is 1.32 bits per heavy atom. The average molecular weight is 262 g/mol. The fraction of sp³-hybridized carbons (Fsp3) is 0.533. The van der Waals surface area contributed by atoms with Gasteiger partial charge in [0.05, 0.1) is 0 Å². The van der Waals surface area contributed by atoms with Crippen LogP contribution in [0.4, 0.5) is 5.69 Å². The second-order valence-electron chi connectivity index (χ2n) is 5.19. The summed E-state index contributed by atoms with van der Waals surface area (Å²) >= 11 is 0. The van der Waals surface area contributed by atoms with Gasteiger partial charge in [-0.1, -0.05) is 12.1 Å². The van der Waals surface area contributed by atoms with Crippen molar-refractivity contribution in [2.45, 2.75) is 26.3 Å². The number of anilines is 1. The molecule has 1 fully saturated rings. The summed E-state index contributed by atoms with van der Waals surface area (Å²) in [5.41, 5.74) is 2.34. The third kappa shape index (κ3) is 3.96. The molecule has 1 amide bonds. The number of benzene rings is 1. The molecule has 2 N–H and O–H groups in total. The van der Waals surface area contributed by atoms with Crippen LogP contribution < -0.4 is 10.2 Å². The van der Waals surface area contributed by atoms with Crippen molar-refractivity contribution < 1.29 is 9.90 Å². The molecule has 0 bridgehead atoms. The fourth-order valence-corrected chi connectivity index (χ4v) is 2.42. The van der Waals surface area contributed by atoms with E-state index in [4.69, 9.17) is 5.11 Å². The summed E-state index contributed by atoms with van der Waals surface area (Å²) in [6.07, 6.45) is 2.12. The number of carbonyl (C=O) groups is 1. The van der Waals surface area contributed by atoms with Crippen LogP contribution in [0, 0.1) is 5.92 Å². The Labute approximate surface area is 114 Å². The van der Waals surface area contributed by atoms with E-state index in [1.807, 2.05) is 0 Å². The van der Waals surface area contributed by atoms with Crippen molar-refractivity contribution in [2.24, 2.45) is 5.92 Å². The third-order valence-electron chi connectivity index (χ3n) is 3.72. The van der Waals surface area contributed by atoms with Crippen LogP contribution in [-0.4, -0.2) is 30.7 Å². The molecule has 4 nitrogen and oxygen atoms in total. The Hall–Kier alpha value is -1.55. The van der Waals surface area contributed by atoms with Gasteiger partial charge in [0, 0.05) is 38.9 Å². The number of carbonyl (C=O) groups excluding carboxylic acids is 1. The van der Waals surface area contributed by atoms with Crippen LogP contribution in [0.5, 0.6) is 0 Å². The first-order valence-electron chi connectivity index (χ1n) is 6.88. The molecule has 0 spiro atoms. The van der Waals surface area contributed by atoms with Crippen molar-refractivity contribution in [3.63, 3.8) is 0 Å². The van der Waals surface area contributed by atoms with E-state index in [1.165, 1.54) is 12.6 Å². The number of hydrogen-bond donors (Lipinski definition) is 2. The molecule has 0 unspecified atom stereocenters. The fourth-order valence-electron chi connectivity index (χ4n) is 2.42. The number of aliphatic hydroxyl groups is 1. The zero-order valence-corrected chi connectivity index (χ0v) is 11.4. The highest BCUT2D eigenvalue weighted by atomic mass is 16.3. The van der Waals surface area contributed by atoms with E-state index in [2.05, 4.69) is 34.5 Å². The zero-order valence-electron chi connectivity index (χ0n) is 11.4. The minimum Gasteiger partial charge on any atom is -0.396 e. The van der Waals surface area contributed by atoms with E-state index in [0.717, 1.165) is 31.5 Å². The first kappa shape index (κ1) is 13.9. The monoisotopic (exact) mass is 262 g/mol. The highest BCUT2D eigenvalue weighted by Gasteiger charge is 2.18. The van der Waals surface area contributed by atoms with Gasteiger partial charge in [-0.25, -0.2) is 0 Å². The normalized spacial score (nSPS) is 16.4. The largest absolute Gasteiger partial charge is 0.396 e. The van der Waals surface area contributed by atoms with E-state index in [0.29, 0.717) is 19.1 Å². The molecule has 1 aromatic rings. The number of nitrogens with zero attached hydrogens (tertiary/aromatic N) is 1. The van der Waals surface area contributed by atoms with Gasteiger partial charge in [0.15, 0.2) is 0 Å². The predicted octanol–water partition coefficient (Wildman–Crippen LogP) is 1.53. The van der Waals surface area contributed by atoms with Crippen molar-refractivity contribution >= 4 is 11.6 Å². The van der Waals surface area contributed by atoms with Crippen LogP contribution in [0.25, 0.3) is 0 Å². The maximum atomic E-state index is 10.9. The molecule has 0 radical (unpaired) electrons. The summed E-state index contributed by atoms with van der Waals surface area (Å²) in [5.74, 6) is 0.463. The molecule has 0 aliphatic carbocycles. The molecule has 1 aliphatic rings. The van der Waals surface area contributed by atoms with Gasteiger partial charge in [-0.3, -0.25) is 4.79 Å². The second kappa shape index (κ2) is 6.57. The Morgan fingerprint density at radius 2 is 1.95 bits per heavy atom. The van der Waals surface area contributed by atoms with Gasteiger partial charge in [0.25, 0.3) is 0 Å². The van der Waals surface area contributed by atoms with Crippen molar-refractivity contribution in [3.05, 3.63) is 29.8 Å². The molecule has 0 aromatic heterocycles. The lowest BCUT2D eigenvalue weighted by Crippen LogP contribution is -2.34. The molecular formula is C15H22N2O2. The summed E-state index contributed by atoms with van der Waals surface area (Å²) in [7, 11) is 0. The van der Waals surface area contributed by atoms with Crippen molar-refractivity contribution in [1.82, 2.24) is 5.32 Å². The van der Waals surface area contributed by atoms with Crippen LogP contribution in [0.1, 0.15) is 25.3 Å². The first-order chi connectivity index (χ1) is 9.19. The van der Waals surface area contributed by atoms with Crippen molar-refractivity contribution in [1.29, 1.82) is 0 Å². The van der Waals surface area contributed by atoms with Crippen LogP contribution in [0.3, 0.4) is 0 Å². The molecule has 1 heterocycles. The summed E-state index contributed by atoms with van der Waals surface area (Å²) in [5, 5.41) is 11.9. The average Bonchev–Trinajstić information content (AvgIpc) is 2.46. The van der Waals surface area contributed by atoms with E-state index < -0.39 is 0 Å². The smallest absolute Gasteiger partial charge is 0.217 e. The summed E-state index contributed by atoms with van der Waals surface area (Å²) in [6, 6.07) is 8.33. The Kier molecular flexibility index (Phi) is 4.80. The lowest BCUT2D eigenvalue weighted by atomic mass is 9.97. The topological polar surface area (TPSA) is 52.6 Å². The van der Waals surface area contributed by atoms with Gasteiger partial charge in [0.2, 0.25) is 5.91 Å². The van der Waals surface area contributed by atoms with E-state index in [-0.39, 0.29) is 5.91 Å². The van der Waals surface area contributed by atoms with Gasteiger partial charge < -0.3 is 15.3 Å². The lowest BCUT2D eigenvalue weighted by Gasteiger charge is -2.33. The van der Waals surface area contributed by atoms with Gasteiger partial charge in [0.1, 0.15) is 0 Å². The quantitative estimate of drug-likeness (QED) is 0.865. The SMILES string of the molecule is CC(=O)NCc1ccc(N2CCC(CO)CC2)cc1. The molecule has 0 saturated carbocycles. The number of amides is 1. The van der Waals surface area contributed by atoms with Crippen molar-refractivity contribution in [3.8, 4) is 0 Å². The Bertz CT molecular complexity index is 409. The van der Waals surface area contributed by atoms with Gasteiger partial charge in [-0.05, 0) is 36.5 Å². The van der Waals surface area contributed by atoms with Crippen molar-refractivity contribution in [2.75, 3.05) is 24.6 Å². The molecular weight excluding hydrogens is 240 g/mol. The van der Waals surface area contributed by atoms with E-state index >= 15 is 0 Å². The molecule has 1 aromatic carbocycles. The van der Waals surface area contributed by atoms with Gasteiger partial charge in [-0.15, -0.1) is 0 Å². The Balaban J connectivity index is 1.89. The first-order valence-corrected chi connectivity index (χ1v) is 6.88. The Morgan fingerprint density at radius 3 is 2.47 bits per heavy atom. The number of nitrogens with one attached hydrogen (secondary N) is 1. The highest BCUT2D eigenvalue weighted by Crippen LogP contribution is 2.23. The van der Waals surface area contributed by atoms with Crippen LogP contribution >= 0.6 is 0 Å². The third-order valence-corrected chi connectivity index (χ3v) is 3.72. The molecule has 1 saturated heterocycles. The maximum Gasteiger partial charge on any atom is 0.217 e. The molecule has 1 aliphatic heterocycles. The maximum absolute atomic E-state index is 10.9. The molecule has 19 heavy (non-hydrogen) atoms. The minimum atomic E-state index is -0.00449. The summed E-state index contributed by atoms with van der Waals surface area (Å²) < 4.78 is 0. The summed E-state index contributed by atoms with van der Waals surface area (Å²) in [4.78, 5) is 13.2. The molecule has 2 rings (SSSR count). The second-order valence-corrected chi connectivity index (χ2v) is 5.19. The number of hydrogen-bond acceptors (Lipinski definition) is 3. The minimum absolute atomic E-state index is 0.00449. The number of rotatable bonds is 4. The van der Waals surface area contributed by atoms with Gasteiger partial charge >= 0.3 is 0 Å². The molecule has 0 atom stereocenters.